The monoisotopic (exact) mass is 289 g/mol. The average Bonchev–Trinajstić information content (AvgIpc) is 2.97. The molecule has 110 valence electrons. The zero-order chi connectivity index (χ0) is 15.4. The molecule has 0 fully saturated rings. The summed E-state index contributed by atoms with van der Waals surface area (Å²) in [5.41, 5.74) is -0.103. The number of nitrogens with zero attached hydrogens (tertiary/aromatic N) is 3. The summed E-state index contributed by atoms with van der Waals surface area (Å²) in [7, 11) is 0. The molecule has 1 N–H and O–H groups in total. The van der Waals surface area contributed by atoms with Crippen LogP contribution in [0.15, 0.2) is 35.2 Å². The van der Waals surface area contributed by atoms with Gasteiger partial charge in [-0.15, -0.1) is 0 Å². The zero-order valence-corrected chi connectivity index (χ0v) is 11.7. The first-order valence-electron chi connectivity index (χ1n) is 6.37. The SMILES string of the molecule is CC(C)N(Cc1ccco1)C(=O)c1cnc(C(=O)O)cn1. The third-order valence-electron chi connectivity index (χ3n) is 2.88. The second kappa shape index (κ2) is 6.17. The molecule has 2 rings (SSSR count). The Morgan fingerprint density at radius 3 is 2.43 bits per heavy atom. The van der Waals surface area contributed by atoms with Crippen molar-refractivity contribution in [3.8, 4) is 0 Å². The highest BCUT2D eigenvalue weighted by Gasteiger charge is 2.22. The van der Waals surface area contributed by atoms with E-state index in [-0.39, 0.29) is 23.3 Å². The van der Waals surface area contributed by atoms with Gasteiger partial charge in [-0.1, -0.05) is 0 Å². The molecular formula is C14H15N3O4. The maximum atomic E-state index is 12.4. The number of carboxylic acid groups (broad SMARTS) is 1. The van der Waals surface area contributed by atoms with Gasteiger partial charge in [0.25, 0.3) is 5.91 Å². The molecule has 0 bridgehead atoms. The van der Waals surface area contributed by atoms with Gasteiger partial charge in [0.05, 0.1) is 25.2 Å². The summed E-state index contributed by atoms with van der Waals surface area (Å²) in [6.07, 6.45) is 3.78. The van der Waals surface area contributed by atoms with Crippen LogP contribution in [0.25, 0.3) is 0 Å². The van der Waals surface area contributed by atoms with E-state index in [0.29, 0.717) is 12.3 Å². The van der Waals surface area contributed by atoms with Crippen LogP contribution in [0.3, 0.4) is 0 Å². The van der Waals surface area contributed by atoms with Crippen LogP contribution >= 0.6 is 0 Å². The second-order valence-electron chi connectivity index (χ2n) is 4.70. The first kappa shape index (κ1) is 14.7. The van der Waals surface area contributed by atoms with Gasteiger partial charge in [-0.2, -0.15) is 0 Å². The van der Waals surface area contributed by atoms with Gasteiger partial charge < -0.3 is 14.4 Å². The van der Waals surface area contributed by atoms with Gasteiger partial charge in [-0.25, -0.2) is 14.8 Å². The molecule has 2 heterocycles. The van der Waals surface area contributed by atoms with Gasteiger partial charge in [0.1, 0.15) is 11.5 Å². The molecule has 0 aliphatic rings. The number of aromatic nitrogens is 2. The maximum Gasteiger partial charge on any atom is 0.356 e. The molecule has 21 heavy (non-hydrogen) atoms. The number of furan rings is 1. The fraction of sp³-hybridized carbons (Fsp3) is 0.286. The Morgan fingerprint density at radius 2 is 1.95 bits per heavy atom. The van der Waals surface area contributed by atoms with Crippen LogP contribution in [0.1, 0.15) is 40.6 Å². The normalized spacial score (nSPS) is 10.6. The predicted molar refractivity (Wildman–Crippen MR) is 72.7 cm³/mol. The van der Waals surface area contributed by atoms with E-state index < -0.39 is 5.97 Å². The molecule has 7 heteroatoms. The van der Waals surface area contributed by atoms with E-state index in [4.69, 9.17) is 9.52 Å². The minimum absolute atomic E-state index is 0.0662. The van der Waals surface area contributed by atoms with Crippen molar-refractivity contribution in [3.05, 3.63) is 47.9 Å². The number of carbonyl (C=O) groups excluding carboxylic acids is 1. The minimum Gasteiger partial charge on any atom is -0.476 e. The molecule has 0 aliphatic carbocycles. The molecular weight excluding hydrogens is 274 g/mol. The summed E-state index contributed by atoms with van der Waals surface area (Å²) < 4.78 is 5.24. The van der Waals surface area contributed by atoms with Gasteiger partial charge in [-0.3, -0.25) is 4.79 Å². The number of rotatable bonds is 5. The van der Waals surface area contributed by atoms with Crippen LogP contribution < -0.4 is 0 Å². The Hall–Kier alpha value is -2.70. The highest BCUT2D eigenvalue weighted by Crippen LogP contribution is 2.12. The topological polar surface area (TPSA) is 96.5 Å². The Morgan fingerprint density at radius 1 is 1.29 bits per heavy atom. The molecule has 0 spiro atoms. The number of carboxylic acids is 1. The van der Waals surface area contributed by atoms with Gasteiger partial charge in [0.15, 0.2) is 5.69 Å². The molecule has 7 nitrogen and oxygen atoms in total. The van der Waals surface area contributed by atoms with Crippen molar-refractivity contribution in [2.24, 2.45) is 0 Å². The number of carbonyl (C=O) groups is 2. The fourth-order valence-corrected chi connectivity index (χ4v) is 1.76. The number of amides is 1. The number of hydrogen-bond donors (Lipinski definition) is 1. The lowest BCUT2D eigenvalue weighted by molar-refractivity contribution is 0.0659. The Labute approximate surface area is 121 Å². The summed E-state index contributed by atoms with van der Waals surface area (Å²) in [5.74, 6) is -0.851. The van der Waals surface area contributed by atoms with E-state index in [1.807, 2.05) is 13.8 Å². The van der Waals surface area contributed by atoms with Crippen molar-refractivity contribution >= 4 is 11.9 Å². The zero-order valence-electron chi connectivity index (χ0n) is 11.7. The Balaban J connectivity index is 2.19. The third kappa shape index (κ3) is 3.44. The van der Waals surface area contributed by atoms with Crippen LogP contribution in [0.5, 0.6) is 0 Å². The first-order chi connectivity index (χ1) is 9.99. The molecule has 0 saturated carbocycles. The van der Waals surface area contributed by atoms with E-state index in [2.05, 4.69) is 9.97 Å². The average molecular weight is 289 g/mol. The second-order valence-corrected chi connectivity index (χ2v) is 4.70. The lowest BCUT2D eigenvalue weighted by Crippen LogP contribution is -2.36. The summed E-state index contributed by atoms with van der Waals surface area (Å²) in [6, 6.07) is 3.46. The molecule has 0 radical (unpaired) electrons. The standard InChI is InChI=1S/C14H15N3O4/c1-9(2)17(8-10-4-3-5-21-10)13(18)11-6-16-12(7-15-11)14(19)20/h3-7,9H,8H2,1-2H3,(H,19,20). The van der Waals surface area contributed by atoms with Crippen LogP contribution in [-0.4, -0.2) is 37.9 Å². The molecule has 0 aliphatic heterocycles. The molecule has 2 aromatic rings. The van der Waals surface area contributed by atoms with Crippen LogP contribution in [0, 0.1) is 0 Å². The smallest absolute Gasteiger partial charge is 0.356 e. The van der Waals surface area contributed by atoms with Crippen molar-refractivity contribution in [1.82, 2.24) is 14.9 Å². The number of hydrogen-bond acceptors (Lipinski definition) is 5. The van der Waals surface area contributed by atoms with Crippen molar-refractivity contribution in [2.45, 2.75) is 26.4 Å². The Bertz CT molecular complexity index is 620. The molecule has 0 saturated heterocycles. The number of aromatic carboxylic acids is 1. The van der Waals surface area contributed by atoms with Crippen molar-refractivity contribution in [1.29, 1.82) is 0 Å². The van der Waals surface area contributed by atoms with Crippen LogP contribution in [0.2, 0.25) is 0 Å². The van der Waals surface area contributed by atoms with E-state index in [9.17, 15) is 9.59 Å². The van der Waals surface area contributed by atoms with Gasteiger partial charge in [0.2, 0.25) is 0 Å². The van der Waals surface area contributed by atoms with E-state index in [0.717, 1.165) is 6.20 Å². The van der Waals surface area contributed by atoms with Gasteiger partial charge in [0, 0.05) is 6.04 Å². The van der Waals surface area contributed by atoms with Gasteiger partial charge >= 0.3 is 5.97 Å². The first-order valence-corrected chi connectivity index (χ1v) is 6.37. The molecule has 0 unspecified atom stereocenters. The van der Waals surface area contributed by atoms with Crippen LogP contribution in [0.4, 0.5) is 0 Å². The summed E-state index contributed by atoms with van der Waals surface area (Å²) >= 11 is 0. The lowest BCUT2D eigenvalue weighted by Gasteiger charge is -2.25. The highest BCUT2D eigenvalue weighted by atomic mass is 16.4. The van der Waals surface area contributed by atoms with Crippen molar-refractivity contribution < 1.29 is 19.1 Å². The highest BCUT2D eigenvalue weighted by molar-refractivity contribution is 5.92. The summed E-state index contributed by atoms with van der Waals surface area (Å²) in [4.78, 5) is 32.3. The van der Waals surface area contributed by atoms with Crippen molar-refractivity contribution in [2.75, 3.05) is 0 Å². The maximum absolute atomic E-state index is 12.4. The Kier molecular flexibility index (Phi) is 4.32. The lowest BCUT2D eigenvalue weighted by atomic mass is 10.2. The molecule has 1 amide bonds. The molecule has 0 aromatic carbocycles. The largest absolute Gasteiger partial charge is 0.476 e. The van der Waals surface area contributed by atoms with E-state index >= 15 is 0 Å². The molecule has 2 aromatic heterocycles. The van der Waals surface area contributed by atoms with Crippen molar-refractivity contribution in [3.63, 3.8) is 0 Å². The van der Waals surface area contributed by atoms with E-state index in [1.54, 1.807) is 23.3 Å². The fourth-order valence-electron chi connectivity index (χ4n) is 1.76. The van der Waals surface area contributed by atoms with Crippen LogP contribution in [-0.2, 0) is 6.54 Å². The quantitative estimate of drug-likeness (QED) is 0.901. The minimum atomic E-state index is -1.18. The van der Waals surface area contributed by atoms with E-state index in [1.165, 1.54) is 6.20 Å². The molecule has 0 atom stereocenters. The van der Waals surface area contributed by atoms with Gasteiger partial charge in [-0.05, 0) is 26.0 Å². The third-order valence-corrected chi connectivity index (χ3v) is 2.88. The summed E-state index contributed by atoms with van der Waals surface area (Å²) in [6.45, 7) is 4.06. The summed E-state index contributed by atoms with van der Waals surface area (Å²) in [5, 5.41) is 8.77. The predicted octanol–water partition coefficient (Wildman–Crippen LogP) is 1.82.